The number of phenolic OH excluding ortho intramolecular Hbond substituents is 1. The Morgan fingerprint density at radius 1 is 1.48 bits per heavy atom. The summed E-state index contributed by atoms with van der Waals surface area (Å²) >= 11 is 0. The van der Waals surface area contributed by atoms with Crippen LogP contribution in [0.2, 0.25) is 0 Å². The molecular formula is C14H18FN5O. The molecule has 0 bridgehead atoms. The molecule has 2 unspecified atom stereocenters. The zero-order valence-electron chi connectivity index (χ0n) is 11.8. The predicted octanol–water partition coefficient (Wildman–Crippen LogP) is 1.49. The number of aromatic hydroxyl groups is 1. The molecular weight excluding hydrogens is 273 g/mol. The minimum Gasteiger partial charge on any atom is -0.508 e. The van der Waals surface area contributed by atoms with Crippen LogP contribution in [0.15, 0.2) is 18.2 Å². The number of nitrogens with one attached hydrogen (secondary N) is 1. The molecule has 1 aliphatic rings. The number of anilines is 1. The molecule has 1 aliphatic heterocycles. The van der Waals surface area contributed by atoms with Crippen molar-refractivity contribution in [3.05, 3.63) is 24.0 Å². The minimum absolute atomic E-state index is 0.0890. The van der Waals surface area contributed by atoms with E-state index < -0.39 is 5.82 Å². The molecule has 2 heterocycles. The zero-order valence-corrected chi connectivity index (χ0v) is 11.8. The van der Waals surface area contributed by atoms with E-state index in [-0.39, 0.29) is 17.4 Å². The number of aromatic nitrogens is 3. The molecule has 1 fully saturated rings. The smallest absolute Gasteiger partial charge is 0.245 e. The standard InChI is InChI=1S/C14H18FN5O/c1-8-4-5-20(7-12(8)16)14-17-13(18-19-14)10-3-2-9(21)6-11(10)15/h2-3,6,8,12,21H,4-5,7,16H2,1H3,(H,17,18,19). The summed E-state index contributed by atoms with van der Waals surface area (Å²) < 4.78 is 13.8. The summed E-state index contributed by atoms with van der Waals surface area (Å²) in [6, 6.07) is 4.03. The number of H-pyrrole nitrogens is 1. The lowest BCUT2D eigenvalue weighted by atomic mass is 9.95. The van der Waals surface area contributed by atoms with Crippen molar-refractivity contribution < 1.29 is 9.50 Å². The zero-order chi connectivity index (χ0) is 15.0. The lowest BCUT2D eigenvalue weighted by molar-refractivity contribution is 0.376. The third-order valence-corrected chi connectivity index (χ3v) is 3.98. The number of hydrogen-bond acceptors (Lipinski definition) is 5. The summed E-state index contributed by atoms with van der Waals surface area (Å²) in [5.41, 5.74) is 6.35. The van der Waals surface area contributed by atoms with Crippen LogP contribution >= 0.6 is 0 Å². The van der Waals surface area contributed by atoms with Crippen molar-refractivity contribution in [2.24, 2.45) is 11.7 Å². The Labute approximate surface area is 121 Å². The van der Waals surface area contributed by atoms with Gasteiger partial charge in [0.25, 0.3) is 0 Å². The summed E-state index contributed by atoms with van der Waals surface area (Å²) in [5.74, 6) is 0.692. The van der Waals surface area contributed by atoms with Gasteiger partial charge in [0, 0.05) is 25.2 Å². The number of halogens is 1. The Bertz CT molecular complexity index is 644. The van der Waals surface area contributed by atoms with Crippen LogP contribution in [0.3, 0.4) is 0 Å². The molecule has 1 saturated heterocycles. The number of aromatic amines is 1. The summed E-state index contributed by atoms with van der Waals surface area (Å²) in [4.78, 5) is 6.34. The van der Waals surface area contributed by atoms with Crippen molar-refractivity contribution >= 4 is 5.95 Å². The number of phenols is 1. The Morgan fingerprint density at radius 3 is 3.00 bits per heavy atom. The second-order valence-corrected chi connectivity index (χ2v) is 5.52. The van der Waals surface area contributed by atoms with Crippen LogP contribution in [-0.2, 0) is 0 Å². The highest BCUT2D eigenvalue weighted by Crippen LogP contribution is 2.25. The van der Waals surface area contributed by atoms with Crippen molar-refractivity contribution in [1.29, 1.82) is 0 Å². The molecule has 7 heteroatoms. The van der Waals surface area contributed by atoms with Gasteiger partial charge in [0.05, 0.1) is 5.56 Å². The van der Waals surface area contributed by atoms with E-state index >= 15 is 0 Å². The maximum absolute atomic E-state index is 13.8. The first-order chi connectivity index (χ1) is 10.0. The summed E-state index contributed by atoms with van der Waals surface area (Å²) in [6.07, 6.45) is 0.985. The van der Waals surface area contributed by atoms with Crippen LogP contribution in [0.1, 0.15) is 13.3 Å². The summed E-state index contributed by atoms with van der Waals surface area (Å²) in [7, 11) is 0. The van der Waals surface area contributed by atoms with Crippen molar-refractivity contribution in [2.45, 2.75) is 19.4 Å². The van der Waals surface area contributed by atoms with E-state index in [0.29, 0.717) is 24.2 Å². The van der Waals surface area contributed by atoms with Crippen molar-refractivity contribution in [1.82, 2.24) is 15.2 Å². The van der Waals surface area contributed by atoms with Crippen LogP contribution in [0.25, 0.3) is 11.4 Å². The molecule has 0 aliphatic carbocycles. The lowest BCUT2D eigenvalue weighted by Crippen LogP contribution is -2.48. The Balaban J connectivity index is 1.83. The quantitative estimate of drug-likeness (QED) is 0.780. The van der Waals surface area contributed by atoms with E-state index in [9.17, 15) is 9.50 Å². The molecule has 21 heavy (non-hydrogen) atoms. The third-order valence-electron chi connectivity index (χ3n) is 3.98. The first kappa shape index (κ1) is 13.8. The van der Waals surface area contributed by atoms with Gasteiger partial charge in [-0.1, -0.05) is 6.92 Å². The van der Waals surface area contributed by atoms with Gasteiger partial charge in [-0.05, 0) is 24.5 Å². The second kappa shape index (κ2) is 5.33. The summed E-state index contributed by atoms with van der Waals surface area (Å²) in [6.45, 7) is 3.66. The van der Waals surface area contributed by atoms with Gasteiger partial charge in [-0.2, -0.15) is 4.98 Å². The molecule has 1 aromatic heterocycles. The van der Waals surface area contributed by atoms with Crippen molar-refractivity contribution in [3.63, 3.8) is 0 Å². The van der Waals surface area contributed by atoms with Crippen LogP contribution in [-0.4, -0.2) is 39.4 Å². The topological polar surface area (TPSA) is 91.1 Å². The van der Waals surface area contributed by atoms with Crippen LogP contribution < -0.4 is 10.6 Å². The van der Waals surface area contributed by atoms with Gasteiger partial charge in [-0.15, -0.1) is 5.10 Å². The van der Waals surface area contributed by atoms with E-state index in [2.05, 4.69) is 22.1 Å². The number of benzene rings is 1. The van der Waals surface area contributed by atoms with Gasteiger partial charge in [-0.25, -0.2) is 4.39 Å². The molecule has 6 nitrogen and oxygen atoms in total. The largest absolute Gasteiger partial charge is 0.508 e. The fourth-order valence-corrected chi connectivity index (χ4v) is 2.49. The first-order valence-electron chi connectivity index (χ1n) is 6.96. The van der Waals surface area contributed by atoms with Crippen molar-refractivity contribution in [2.75, 3.05) is 18.0 Å². The SMILES string of the molecule is CC1CCN(c2n[nH]c(-c3ccc(O)cc3F)n2)CC1N. The van der Waals surface area contributed by atoms with E-state index in [4.69, 9.17) is 5.73 Å². The monoisotopic (exact) mass is 291 g/mol. The Morgan fingerprint density at radius 2 is 2.29 bits per heavy atom. The van der Waals surface area contributed by atoms with E-state index in [0.717, 1.165) is 19.0 Å². The number of piperidine rings is 1. The number of hydrogen-bond donors (Lipinski definition) is 3. The molecule has 2 aromatic rings. The van der Waals surface area contributed by atoms with Crippen LogP contribution in [0, 0.1) is 11.7 Å². The molecule has 0 radical (unpaired) electrons. The molecule has 0 spiro atoms. The fraction of sp³-hybridized carbons (Fsp3) is 0.429. The first-order valence-corrected chi connectivity index (χ1v) is 6.96. The van der Waals surface area contributed by atoms with Gasteiger partial charge in [0.15, 0.2) is 5.82 Å². The van der Waals surface area contributed by atoms with Gasteiger partial charge in [-0.3, -0.25) is 5.10 Å². The number of rotatable bonds is 2. The maximum Gasteiger partial charge on any atom is 0.245 e. The van der Waals surface area contributed by atoms with Gasteiger partial charge in [0.2, 0.25) is 5.95 Å². The molecule has 0 amide bonds. The van der Waals surface area contributed by atoms with Gasteiger partial charge in [0.1, 0.15) is 11.6 Å². The van der Waals surface area contributed by atoms with E-state index in [1.165, 1.54) is 12.1 Å². The average molecular weight is 291 g/mol. The molecule has 0 saturated carbocycles. The minimum atomic E-state index is -0.540. The molecule has 112 valence electrons. The maximum atomic E-state index is 13.8. The normalized spacial score (nSPS) is 22.5. The Hall–Kier alpha value is -2.15. The molecule has 1 aromatic carbocycles. The van der Waals surface area contributed by atoms with Gasteiger partial charge < -0.3 is 15.7 Å². The van der Waals surface area contributed by atoms with E-state index in [1.54, 1.807) is 0 Å². The highest BCUT2D eigenvalue weighted by atomic mass is 19.1. The lowest BCUT2D eigenvalue weighted by Gasteiger charge is -2.34. The summed E-state index contributed by atoms with van der Waals surface area (Å²) in [5, 5.41) is 16.1. The molecule has 4 N–H and O–H groups in total. The highest BCUT2D eigenvalue weighted by Gasteiger charge is 2.25. The van der Waals surface area contributed by atoms with Crippen LogP contribution in [0.5, 0.6) is 5.75 Å². The average Bonchev–Trinajstić information content (AvgIpc) is 2.91. The molecule has 2 atom stereocenters. The van der Waals surface area contributed by atoms with Crippen LogP contribution in [0.4, 0.5) is 10.3 Å². The Kier molecular flexibility index (Phi) is 3.50. The predicted molar refractivity (Wildman–Crippen MR) is 77.4 cm³/mol. The highest BCUT2D eigenvalue weighted by molar-refractivity contribution is 5.58. The second-order valence-electron chi connectivity index (χ2n) is 5.52. The third kappa shape index (κ3) is 2.69. The number of nitrogens with zero attached hydrogens (tertiary/aromatic N) is 3. The molecule has 3 rings (SSSR count). The fourth-order valence-electron chi connectivity index (χ4n) is 2.49. The number of nitrogens with two attached hydrogens (primary N) is 1. The van der Waals surface area contributed by atoms with E-state index in [1.807, 2.05) is 4.90 Å². The van der Waals surface area contributed by atoms with Crippen molar-refractivity contribution in [3.8, 4) is 17.1 Å². The van der Waals surface area contributed by atoms with Gasteiger partial charge >= 0.3 is 0 Å².